The fraction of sp³-hybridized carbons (Fsp3) is 0.927. The summed E-state index contributed by atoms with van der Waals surface area (Å²) in [6.07, 6.45) is 26.8. The van der Waals surface area contributed by atoms with Crippen LogP contribution in [0.1, 0.15) is 208 Å². The Morgan fingerprint density at radius 2 is 0.745 bits per heavy atom. The van der Waals surface area contributed by atoms with Crippen LogP contribution in [0.25, 0.3) is 0 Å². The molecule has 0 bridgehead atoms. The SMILES string of the molecule is CCC(C)CCCCCCCCC(=O)OC[C@H](COC(=O)CCCCCCCCC(C)C)OC(=O)CCCCCCCCC(C)CC. The van der Waals surface area contributed by atoms with Crippen molar-refractivity contribution in [2.75, 3.05) is 13.2 Å². The van der Waals surface area contributed by atoms with Gasteiger partial charge >= 0.3 is 17.9 Å². The van der Waals surface area contributed by atoms with E-state index < -0.39 is 6.10 Å². The van der Waals surface area contributed by atoms with E-state index in [1.54, 1.807) is 0 Å². The number of rotatable bonds is 34. The third kappa shape index (κ3) is 32.7. The molecule has 0 aliphatic heterocycles. The van der Waals surface area contributed by atoms with Gasteiger partial charge in [-0.2, -0.15) is 0 Å². The van der Waals surface area contributed by atoms with E-state index in [9.17, 15) is 14.4 Å². The second-order valence-corrected chi connectivity index (χ2v) is 14.9. The predicted molar refractivity (Wildman–Crippen MR) is 196 cm³/mol. The highest BCUT2D eigenvalue weighted by molar-refractivity contribution is 5.71. The number of hydrogen-bond acceptors (Lipinski definition) is 6. The maximum Gasteiger partial charge on any atom is 0.306 e. The molecule has 47 heavy (non-hydrogen) atoms. The van der Waals surface area contributed by atoms with Crippen LogP contribution in [0.2, 0.25) is 0 Å². The Kier molecular flexibility index (Phi) is 31.8. The van der Waals surface area contributed by atoms with E-state index in [1.165, 1.54) is 89.9 Å². The molecule has 0 rings (SSSR count). The third-order valence-corrected chi connectivity index (χ3v) is 9.62. The predicted octanol–water partition coefficient (Wildman–Crippen LogP) is 12.1. The molecule has 0 amide bonds. The maximum atomic E-state index is 12.6. The quantitative estimate of drug-likeness (QED) is 0.0386. The van der Waals surface area contributed by atoms with Crippen molar-refractivity contribution >= 4 is 17.9 Å². The average molecular weight is 667 g/mol. The Hall–Kier alpha value is -1.59. The average Bonchev–Trinajstić information content (AvgIpc) is 3.05. The molecule has 3 atom stereocenters. The first kappa shape index (κ1) is 45.4. The van der Waals surface area contributed by atoms with Crippen molar-refractivity contribution in [3.63, 3.8) is 0 Å². The normalized spacial score (nSPS) is 13.3. The zero-order chi connectivity index (χ0) is 35.0. The highest BCUT2D eigenvalue weighted by Gasteiger charge is 2.19. The Morgan fingerprint density at radius 3 is 1.11 bits per heavy atom. The van der Waals surface area contributed by atoms with Crippen LogP contribution in [0, 0.1) is 17.8 Å². The summed E-state index contributed by atoms with van der Waals surface area (Å²) in [7, 11) is 0. The van der Waals surface area contributed by atoms with Gasteiger partial charge in [-0.05, 0) is 37.0 Å². The second kappa shape index (κ2) is 32.9. The number of carbonyl (C=O) groups is 3. The van der Waals surface area contributed by atoms with Crippen LogP contribution in [0.15, 0.2) is 0 Å². The van der Waals surface area contributed by atoms with Crippen molar-refractivity contribution in [1.29, 1.82) is 0 Å². The lowest BCUT2D eigenvalue weighted by Crippen LogP contribution is -2.30. The number of hydrogen-bond donors (Lipinski definition) is 0. The Bertz CT molecular complexity index is 735. The van der Waals surface area contributed by atoms with Crippen LogP contribution >= 0.6 is 0 Å². The van der Waals surface area contributed by atoms with E-state index in [-0.39, 0.29) is 31.1 Å². The number of ether oxygens (including phenoxy) is 3. The van der Waals surface area contributed by atoms with Gasteiger partial charge in [0.25, 0.3) is 0 Å². The van der Waals surface area contributed by atoms with E-state index in [1.807, 2.05) is 0 Å². The summed E-state index contributed by atoms with van der Waals surface area (Å²) in [6, 6.07) is 0. The summed E-state index contributed by atoms with van der Waals surface area (Å²) in [5.41, 5.74) is 0. The minimum atomic E-state index is -0.762. The highest BCUT2D eigenvalue weighted by Crippen LogP contribution is 2.17. The molecule has 0 N–H and O–H groups in total. The number of esters is 3. The van der Waals surface area contributed by atoms with Crippen molar-refractivity contribution in [1.82, 2.24) is 0 Å². The van der Waals surface area contributed by atoms with Gasteiger partial charge in [0.05, 0.1) is 0 Å². The van der Waals surface area contributed by atoms with Gasteiger partial charge in [0.15, 0.2) is 6.10 Å². The molecule has 0 heterocycles. The number of carbonyl (C=O) groups excluding carboxylic acids is 3. The minimum absolute atomic E-state index is 0.0694. The number of unbranched alkanes of at least 4 members (excludes halogenated alkanes) is 15. The minimum Gasteiger partial charge on any atom is -0.462 e. The summed E-state index contributed by atoms with van der Waals surface area (Å²) in [5.74, 6) is 1.51. The lowest BCUT2D eigenvalue weighted by Gasteiger charge is -2.18. The van der Waals surface area contributed by atoms with Gasteiger partial charge < -0.3 is 14.2 Å². The fourth-order valence-electron chi connectivity index (χ4n) is 5.75. The largest absolute Gasteiger partial charge is 0.462 e. The first-order chi connectivity index (χ1) is 22.7. The first-order valence-electron chi connectivity index (χ1n) is 20.2. The van der Waals surface area contributed by atoms with Crippen molar-refractivity contribution in [2.24, 2.45) is 17.8 Å². The zero-order valence-electron chi connectivity index (χ0n) is 32.1. The van der Waals surface area contributed by atoms with Gasteiger partial charge in [-0.15, -0.1) is 0 Å². The standard InChI is InChI=1S/C41H78O6/c1-7-36(5)28-22-16-10-13-19-25-31-40(43)46-34-38(33-45-39(42)30-24-18-12-9-15-21-27-35(3)4)47-41(44)32-26-20-14-11-17-23-29-37(6)8-2/h35-38H,7-34H2,1-6H3/t36?,37?,38-/m0/s1. The molecule has 278 valence electrons. The van der Waals surface area contributed by atoms with Crippen molar-refractivity contribution < 1.29 is 28.6 Å². The molecule has 0 saturated heterocycles. The van der Waals surface area contributed by atoms with E-state index in [0.29, 0.717) is 19.3 Å². The second-order valence-electron chi connectivity index (χ2n) is 14.9. The molecule has 6 heteroatoms. The van der Waals surface area contributed by atoms with E-state index in [2.05, 4.69) is 41.5 Å². The smallest absolute Gasteiger partial charge is 0.306 e. The molecule has 2 unspecified atom stereocenters. The summed E-state index contributed by atoms with van der Waals surface area (Å²) >= 11 is 0. The van der Waals surface area contributed by atoms with Gasteiger partial charge in [0, 0.05) is 19.3 Å². The molecule has 0 saturated carbocycles. The molecular weight excluding hydrogens is 588 g/mol. The molecule has 0 aromatic heterocycles. The zero-order valence-corrected chi connectivity index (χ0v) is 32.1. The molecule has 6 nitrogen and oxygen atoms in total. The monoisotopic (exact) mass is 667 g/mol. The highest BCUT2D eigenvalue weighted by atomic mass is 16.6. The molecule has 0 aromatic carbocycles. The van der Waals surface area contributed by atoms with Gasteiger partial charge in [-0.1, -0.05) is 170 Å². The Labute approximate surface area is 291 Å². The van der Waals surface area contributed by atoms with Crippen molar-refractivity contribution in [3.05, 3.63) is 0 Å². The van der Waals surface area contributed by atoms with Crippen LogP contribution in [0.4, 0.5) is 0 Å². The van der Waals surface area contributed by atoms with Crippen LogP contribution in [0.5, 0.6) is 0 Å². The summed E-state index contributed by atoms with van der Waals surface area (Å²) in [6.45, 7) is 13.5. The lowest BCUT2D eigenvalue weighted by molar-refractivity contribution is -0.167. The van der Waals surface area contributed by atoms with Gasteiger partial charge in [-0.3, -0.25) is 14.4 Å². The van der Waals surface area contributed by atoms with Gasteiger partial charge in [0.2, 0.25) is 0 Å². The molecular formula is C41H78O6. The van der Waals surface area contributed by atoms with E-state index in [4.69, 9.17) is 14.2 Å². The topological polar surface area (TPSA) is 78.9 Å². The van der Waals surface area contributed by atoms with Gasteiger partial charge in [0.1, 0.15) is 13.2 Å². The molecule has 0 spiro atoms. The van der Waals surface area contributed by atoms with Crippen molar-refractivity contribution in [3.8, 4) is 0 Å². The molecule has 0 radical (unpaired) electrons. The fourth-order valence-corrected chi connectivity index (χ4v) is 5.75. The summed E-state index contributed by atoms with van der Waals surface area (Å²) in [5, 5.41) is 0. The lowest BCUT2D eigenvalue weighted by atomic mass is 10.00. The third-order valence-electron chi connectivity index (χ3n) is 9.62. The molecule has 0 aliphatic rings. The van der Waals surface area contributed by atoms with Crippen LogP contribution in [-0.4, -0.2) is 37.2 Å². The first-order valence-corrected chi connectivity index (χ1v) is 20.2. The summed E-state index contributed by atoms with van der Waals surface area (Å²) in [4.78, 5) is 37.4. The van der Waals surface area contributed by atoms with Crippen LogP contribution in [-0.2, 0) is 28.6 Å². The molecule has 0 aromatic rings. The van der Waals surface area contributed by atoms with Crippen LogP contribution < -0.4 is 0 Å². The Balaban J connectivity index is 4.40. The Morgan fingerprint density at radius 1 is 0.426 bits per heavy atom. The van der Waals surface area contributed by atoms with Crippen molar-refractivity contribution in [2.45, 2.75) is 215 Å². The van der Waals surface area contributed by atoms with E-state index >= 15 is 0 Å². The van der Waals surface area contributed by atoms with E-state index in [0.717, 1.165) is 75.5 Å². The maximum absolute atomic E-state index is 12.6. The molecule has 0 fully saturated rings. The van der Waals surface area contributed by atoms with Gasteiger partial charge in [-0.25, -0.2) is 0 Å². The summed E-state index contributed by atoms with van der Waals surface area (Å²) < 4.78 is 16.6. The molecule has 0 aliphatic carbocycles. The van der Waals surface area contributed by atoms with Crippen LogP contribution in [0.3, 0.4) is 0 Å².